The molecule has 1 saturated heterocycles. The van der Waals surface area contributed by atoms with Crippen molar-refractivity contribution in [3.05, 3.63) is 58.9 Å². The zero-order valence-corrected chi connectivity index (χ0v) is 18.3. The van der Waals surface area contributed by atoms with Gasteiger partial charge in [0.25, 0.3) is 0 Å². The summed E-state index contributed by atoms with van der Waals surface area (Å²) in [6, 6.07) is 10.3. The molecule has 1 heterocycles. The number of hydrogen-bond acceptors (Lipinski definition) is 5. The van der Waals surface area contributed by atoms with E-state index in [1.165, 1.54) is 19.2 Å². The van der Waals surface area contributed by atoms with E-state index in [1.807, 2.05) is 18.2 Å². The summed E-state index contributed by atoms with van der Waals surface area (Å²) in [5.74, 6) is 0.608. The molecule has 7 heteroatoms. The maximum Gasteiger partial charge on any atom is 0.412 e. The molecule has 1 aliphatic rings. The summed E-state index contributed by atoms with van der Waals surface area (Å²) in [6.45, 7) is 3.47. The molecule has 1 amide bonds. The van der Waals surface area contributed by atoms with Crippen molar-refractivity contribution < 1.29 is 28.1 Å². The minimum absolute atomic E-state index is 0.267. The largest absolute Gasteiger partial charge is 0.489 e. The highest BCUT2D eigenvalue weighted by molar-refractivity contribution is 5.70. The van der Waals surface area contributed by atoms with Crippen LogP contribution in [0.1, 0.15) is 42.9 Å². The summed E-state index contributed by atoms with van der Waals surface area (Å²) in [6.07, 6.45) is 2.50. The van der Waals surface area contributed by atoms with Gasteiger partial charge in [-0.25, -0.2) is 9.18 Å². The van der Waals surface area contributed by atoms with Crippen LogP contribution in [0.15, 0.2) is 36.4 Å². The predicted octanol–water partition coefficient (Wildman–Crippen LogP) is 4.73. The second kappa shape index (κ2) is 10.6. The first kappa shape index (κ1) is 23.0. The topological polar surface area (TPSA) is 66.0 Å². The van der Waals surface area contributed by atoms with Crippen molar-refractivity contribution >= 4 is 6.09 Å². The molecule has 0 aromatic heterocycles. The van der Waals surface area contributed by atoms with Crippen LogP contribution in [0.2, 0.25) is 0 Å². The summed E-state index contributed by atoms with van der Waals surface area (Å²) in [5.41, 5.74) is 2.03. The zero-order valence-electron chi connectivity index (χ0n) is 18.3. The lowest BCUT2D eigenvalue weighted by atomic mass is 9.86. The number of methoxy groups -OCH3 is 1. The highest BCUT2D eigenvalue weighted by Crippen LogP contribution is 2.37. The summed E-state index contributed by atoms with van der Waals surface area (Å²) in [5, 5.41) is 2.45. The number of carbonyl (C=O) groups excluding carboxylic acids is 1. The second-order valence-corrected chi connectivity index (χ2v) is 7.61. The Morgan fingerprint density at radius 1 is 1.19 bits per heavy atom. The molecule has 6 nitrogen and oxygen atoms in total. The quantitative estimate of drug-likeness (QED) is 0.655. The van der Waals surface area contributed by atoms with Crippen LogP contribution < -0.4 is 14.8 Å². The molecule has 0 radical (unpaired) electrons. The van der Waals surface area contributed by atoms with Crippen molar-refractivity contribution in [2.45, 2.75) is 44.8 Å². The third-order valence-electron chi connectivity index (χ3n) is 5.55. The van der Waals surface area contributed by atoms with Crippen molar-refractivity contribution in [3.63, 3.8) is 0 Å². The third-order valence-corrected chi connectivity index (χ3v) is 5.55. The van der Waals surface area contributed by atoms with Gasteiger partial charge in [0.05, 0.1) is 5.60 Å². The van der Waals surface area contributed by atoms with Crippen LogP contribution >= 0.6 is 0 Å². The van der Waals surface area contributed by atoms with E-state index in [0.29, 0.717) is 37.6 Å². The number of halogens is 1. The lowest BCUT2D eigenvalue weighted by Crippen LogP contribution is -2.35. The molecule has 168 valence electrons. The number of benzene rings is 2. The SMILES string of the molecule is CCCc1cc(COc2cc(F)cc(C3(OC)CCOCC3)c2)ccc1OC(=O)NC. The van der Waals surface area contributed by atoms with E-state index >= 15 is 0 Å². The molecule has 3 rings (SSSR count). The van der Waals surface area contributed by atoms with Gasteiger partial charge in [-0.05, 0) is 47.4 Å². The van der Waals surface area contributed by atoms with Crippen molar-refractivity contribution in [2.75, 3.05) is 27.4 Å². The molecular weight excluding hydrogens is 401 g/mol. The minimum atomic E-state index is -0.564. The number of nitrogens with one attached hydrogen (secondary N) is 1. The molecule has 0 aliphatic carbocycles. The van der Waals surface area contributed by atoms with E-state index in [9.17, 15) is 9.18 Å². The maximum atomic E-state index is 14.4. The fourth-order valence-electron chi connectivity index (χ4n) is 3.83. The Labute approximate surface area is 182 Å². The molecule has 0 saturated carbocycles. The molecule has 2 aromatic rings. The summed E-state index contributed by atoms with van der Waals surface area (Å²) in [4.78, 5) is 11.6. The average molecular weight is 432 g/mol. The number of aryl methyl sites for hydroxylation is 1. The standard InChI is InChI=1S/C24H30FNO5/c1-4-5-18-12-17(6-7-22(18)31-23(27)26-2)16-30-21-14-19(13-20(25)15-21)24(28-3)8-10-29-11-9-24/h6-7,12-15H,4-5,8-11,16H2,1-3H3,(H,26,27). The Bertz CT molecular complexity index is 896. The highest BCUT2D eigenvalue weighted by Gasteiger charge is 2.35. The third kappa shape index (κ3) is 5.74. The van der Waals surface area contributed by atoms with E-state index in [1.54, 1.807) is 13.2 Å². The minimum Gasteiger partial charge on any atom is -0.489 e. The van der Waals surface area contributed by atoms with Gasteiger partial charge in [0.1, 0.15) is 23.9 Å². The van der Waals surface area contributed by atoms with E-state index < -0.39 is 11.7 Å². The van der Waals surface area contributed by atoms with Crippen molar-refractivity contribution in [2.24, 2.45) is 0 Å². The van der Waals surface area contributed by atoms with E-state index in [-0.39, 0.29) is 12.4 Å². The highest BCUT2D eigenvalue weighted by atomic mass is 19.1. The number of amides is 1. The van der Waals surface area contributed by atoms with Crippen LogP contribution in [0, 0.1) is 5.82 Å². The first-order valence-electron chi connectivity index (χ1n) is 10.6. The van der Waals surface area contributed by atoms with E-state index in [2.05, 4.69) is 12.2 Å². The Hall–Kier alpha value is -2.64. The molecule has 0 atom stereocenters. The summed E-state index contributed by atoms with van der Waals surface area (Å²) < 4.78 is 36.8. The Kier molecular flexibility index (Phi) is 7.87. The Morgan fingerprint density at radius 3 is 2.65 bits per heavy atom. The van der Waals surface area contributed by atoms with Gasteiger partial charge in [-0.1, -0.05) is 19.4 Å². The lowest BCUT2D eigenvalue weighted by Gasteiger charge is -2.36. The zero-order chi connectivity index (χ0) is 22.3. The molecule has 0 bridgehead atoms. The molecular formula is C24H30FNO5. The second-order valence-electron chi connectivity index (χ2n) is 7.61. The summed E-state index contributed by atoms with van der Waals surface area (Å²) >= 11 is 0. The van der Waals surface area contributed by atoms with Crippen LogP contribution in [0.3, 0.4) is 0 Å². The first-order chi connectivity index (χ1) is 15.0. The van der Waals surface area contributed by atoms with Crippen LogP contribution in [-0.4, -0.2) is 33.5 Å². The lowest BCUT2D eigenvalue weighted by molar-refractivity contribution is -0.0950. The fraction of sp³-hybridized carbons (Fsp3) is 0.458. The summed E-state index contributed by atoms with van der Waals surface area (Å²) in [7, 11) is 3.17. The van der Waals surface area contributed by atoms with Crippen LogP contribution in [0.4, 0.5) is 9.18 Å². The van der Waals surface area contributed by atoms with Gasteiger partial charge in [0.2, 0.25) is 0 Å². The van der Waals surface area contributed by atoms with Gasteiger partial charge in [0, 0.05) is 46.3 Å². The normalized spacial score (nSPS) is 15.4. The Balaban J connectivity index is 1.77. The fourth-order valence-corrected chi connectivity index (χ4v) is 3.83. The van der Waals surface area contributed by atoms with Crippen molar-refractivity contribution in [1.29, 1.82) is 0 Å². The Morgan fingerprint density at radius 2 is 1.97 bits per heavy atom. The molecule has 1 N–H and O–H groups in total. The maximum absolute atomic E-state index is 14.4. The van der Waals surface area contributed by atoms with Crippen LogP contribution in [0.25, 0.3) is 0 Å². The number of carbonyl (C=O) groups is 1. The van der Waals surface area contributed by atoms with Gasteiger partial charge in [-0.2, -0.15) is 0 Å². The number of hydrogen-bond donors (Lipinski definition) is 1. The van der Waals surface area contributed by atoms with Crippen LogP contribution in [-0.2, 0) is 28.1 Å². The molecule has 2 aromatic carbocycles. The number of rotatable bonds is 8. The first-order valence-corrected chi connectivity index (χ1v) is 10.6. The van der Waals surface area contributed by atoms with Crippen LogP contribution in [0.5, 0.6) is 11.5 Å². The van der Waals surface area contributed by atoms with E-state index in [4.69, 9.17) is 18.9 Å². The molecule has 1 fully saturated rings. The van der Waals surface area contributed by atoms with Crippen molar-refractivity contribution in [3.8, 4) is 11.5 Å². The number of ether oxygens (including phenoxy) is 4. The van der Waals surface area contributed by atoms with Gasteiger partial charge in [-0.15, -0.1) is 0 Å². The molecule has 31 heavy (non-hydrogen) atoms. The smallest absolute Gasteiger partial charge is 0.412 e. The molecule has 1 aliphatic heterocycles. The molecule has 0 spiro atoms. The average Bonchev–Trinajstić information content (AvgIpc) is 2.79. The predicted molar refractivity (Wildman–Crippen MR) is 115 cm³/mol. The monoisotopic (exact) mass is 431 g/mol. The molecule has 0 unspecified atom stereocenters. The van der Waals surface area contributed by atoms with Gasteiger partial charge in [0.15, 0.2) is 0 Å². The van der Waals surface area contributed by atoms with Crippen molar-refractivity contribution in [1.82, 2.24) is 5.32 Å². The van der Waals surface area contributed by atoms with Gasteiger partial charge >= 0.3 is 6.09 Å². The van der Waals surface area contributed by atoms with Gasteiger partial charge < -0.3 is 24.3 Å². The van der Waals surface area contributed by atoms with E-state index in [0.717, 1.165) is 29.5 Å². The van der Waals surface area contributed by atoms with Gasteiger partial charge in [-0.3, -0.25) is 0 Å².